The highest BCUT2D eigenvalue weighted by atomic mass is 35.5. The van der Waals surface area contributed by atoms with Gasteiger partial charge in [0, 0.05) is 28.6 Å². The first-order chi connectivity index (χ1) is 17.0. The molecular weight excluding hydrogens is 487 g/mol. The molecule has 35 heavy (non-hydrogen) atoms. The molecule has 2 heterocycles. The number of pyridine rings is 2. The van der Waals surface area contributed by atoms with Gasteiger partial charge in [-0.15, -0.1) is 11.8 Å². The Balaban J connectivity index is 1.42. The third kappa shape index (κ3) is 5.26. The Hall–Kier alpha value is -3.16. The maximum atomic E-state index is 14.6. The van der Waals surface area contributed by atoms with Crippen LogP contribution in [0.1, 0.15) is 39.6 Å². The Morgan fingerprint density at radius 3 is 2.83 bits per heavy atom. The fourth-order valence-electron chi connectivity index (χ4n) is 4.36. The van der Waals surface area contributed by atoms with Crippen LogP contribution in [0.5, 0.6) is 5.75 Å². The van der Waals surface area contributed by atoms with Gasteiger partial charge in [0.05, 0.1) is 22.9 Å². The Labute approximate surface area is 211 Å². The number of aromatic nitrogens is 2. The lowest BCUT2D eigenvalue weighted by Gasteiger charge is -2.20. The van der Waals surface area contributed by atoms with Crippen molar-refractivity contribution >= 4 is 40.2 Å². The summed E-state index contributed by atoms with van der Waals surface area (Å²) in [6.45, 7) is 0.107. The second kappa shape index (κ2) is 10.2. The number of hydrogen-bond acceptors (Lipinski definition) is 5. The summed E-state index contributed by atoms with van der Waals surface area (Å²) in [5, 5.41) is 10.0. The summed E-state index contributed by atoms with van der Waals surface area (Å²) in [6, 6.07) is 14.3. The molecule has 0 aliphatic heterocycles. The predicted molar refractivity (Wildman–Crippen MR) is 136 cm³/mol. The number of carbonyl (C=O) groups is 1. The lowest BCUT2D eigenvalue weighted by Crippen LogP contribution is -2.05. The van der Waals surface area contributed by atoms with Gasteiger partial charge in [-0.1, -0.05) is 17.7 Å². The van der Waals surface area contributed by atoms with Gasteiger partial charge in [0.15, 0.2) is 0 Å². The third-order valence-corrected chi connectivity index (χ3v) is 7.57. The summed E-state index contributed by atoms with van der Waals surface area (Å²) in [7, 11) is 0. The van der Waals surface area contributed by atoms with E-state index >= 15 is 0 Å². The molecule has 0 bridgehead atoms. The van der Waals surface area contributed by atoms with E-state index < -0.39 is 5.97 Å². The third-order valence-electron chi connectivity index (χ3n) is 6.05. The van der Waals surface area contributed by atoms with Crippen LogP contribution < -0.4 is 4.74 Å². The number of hydrogen-bond donors (Lipinski definition) is 1. The minimum absolute atomic E-state index is 0.0215. The van der Waals surface area contributed by atoms with E-state index in [1.807, 2.05) is 24.4 Å². The molecule has 1 aliphatic carbocycles. The van der Waals surface area contributed by atoms with Crippen molar-refractivity contribution < 1.29 is 19.0 Å². The number of benzene rings is 2. The first kappa shape index (κ1) is 23.6. The van der Waals surface area contributed by atoms with Crippen LogP contribution >= 0.6 is 23.4 Å². The molecule has 0 fully saturated rings. The molecule has 5 nitrogen and oxygen atoms in total. The van der Waals surface area contributed by atoms with E-state index in [2.05, 4.69) is 16.0 Å². The molecule has 178 valence electrons. The van der Waals surface area contributed by atoms with Gasteiger partial charge >= 0.3 is 5.97 Å². The number of ether oxygens (including phenoxy) is 1. The van der Waals surface area contributed by atoms with Gasteiger partial charge in [0.1, 0.15) is 18.2 Å². The number of carboxylic acids is 1. The average Bonchev–Trinajstić information content (AvgIpc) is 2.99. The zero-order valence-electron chi connectivity index (χ0n) is 18.7. The highest BCUT2D eigenvalue weighted by molar-refractivity contribution is 7.99. The fourth-order valence-corrected chi connectivity index (χ4v) is 5.86. The topological polar surface area (TPSA) is 72.3 Å². The van der Waals surface area contributed by atoms with Crippen molar-refractivity contribution in [1.82, 2.24) is 9.97 Å². The molecule has 0 saturated carbocycles. The van der Waals surface area contributed by atoms with Crippen molar-refractivity contribution in [2.75, 3.05) is 5.75 Å². The smallest absolute Gasteiger partial charge is 0.304 e. The zero-order chi connectivity index (χ0) is 24.4. The van der Waals surface area contributed by atoms with Crippen molar-refractivity contribution in [3.05, 3.63) is 99.7 Å². The molecular formula is C27H22ClFN2O3S. The molecule has 8 heteroatoms. The number of aryl methyl sites for hydroxylation is 2. The number of halogens is 2. The van der Waals surface area contributed by atoms with Gasteiger partial charge in [-0.05, 0) is 77.6 Å². The molecule has 1 aliphatic rings. The number of aliphatic carboxylic acids is 1. The molecule has 1 atom stereocenters. The summed E-state index contributed by atoms with van der Waals surface area (Å²) < 4.78 is 20.6. The second-order valence-electron chi connectivity index (χ2n) is 8.38. The van der Waals surface area contributed by atoms with Crippen LogP contribution in [0.2, 0.25) is 5.02 Å². The van der Waals surface area contributed by atoms with Crippen LogP contribution in [0.25, 0.3) is 10.9 Å². The molecule has 1 unspecified atom stereocenters. The summed E-state index contributed by atoms with van der Waals surface area (Å²) in [5.41, 5.74) is 5.59. The van der Waals surface area contributed by atoms with Crippen LogP contribution in [0, 0.1) is 5.82 Å². The van der Waals surface area contributed by atoms with E-state index in [0.717, 1.165) is 24.0 Å². The van der Waals surface area contributed by atoms with Crippen LogP contribution in [-0.4, -0.2) is 26.8 Å². The van der Waals surface area contributed by atoms with Crippen molar-refractivity contribution in [2.24, 2.45) is 0 Å². The van der Waals surface area contributed by atoms with E-state index in [1.165, 1.54) is 17.2 Å². The van der Waals surface area contributed by atoms with Crippen molar-refractivity contribution in [3.8, 4) is 5.75 Å². The first-order valence-electron chi connectivity index (χ1n) is 11.2. The maximum absolute atomic E-state index is 14.6. The number of nitrogens with zero attached hydrogens (tertiary/aromatic N) is 2. The maximum Gasteiger partial charge on any atom is 0.304 e. The fraction of sp³-hybridized carbons (Fsp3) is 0.222. The minimum Gasteiger partial charge on any atom is -0.487 e. The summed E-state index contributed by atoms with van der Waals surface area (Å²) >= 11 is 7.66. The Bertz CT molecular complexity index is 1410. The van der Waals surface area contributed by atoms with Crippen LogP contribution in [0.15, 0.2) is 60.9 Å². The average molecular weight is 509 g/mol. The number of thioether (sulfide) groups is 1. The molecule has 0 amide bonds. The predicted octanol–water partition coefficient (Wildman–Crippen LogP) is 6.40. The SMILES string of the molecule is O=C(O)CCSC1c2ccncc2CCc2ccc(OCc3cc(F)c4ccc(Cl)cc4n3)cc21. The van der Waals surface area contributed by atoms with Crippen molar-refractivity contribution in [2.45, 2.75) is 31.1 Å². The van der Waals surface area contributed by atoms with E-state index in [4.69, 9.17) is 21.4 Å². The monoisotopic (exact) mass is 508 g/mol. The molecule has 5 rings (SSSR count). The molecule has 4 aromatic rings. The Morgan fingerprint density at radius 1 is 1.11 bits per heavy atom. The highest BCUT2D eigenvalue weighted by Gasteiger charge is 2.25. The molecule has 0 radical (unpaired) electrons. The summed E-state index contributed by atoms with van der Waals surface area (Å²) in [5.74, 6) is -0.0321. The van der Waals surface area contributed by atoms with Gasteiger partial charge in [-0.3, -0.25) is 9.78 Å². The largest absolute Gasteiger partial charge is 0.487 e. The first-order valence-corrected chi connectivity index (χ1v) is 12.7. The summed E-state index contributed by atoms with van der Waals surface area (Å²) in [4.78, 5) is 19.9. The number of carboxylic acid groups (broad SMARTS) is 1. The minimum atomic E-state index is -0.810. The van der Waals surface area contributed by atoms with E-state index in [9.17, 15) is 9.18 Å². The quantitative estimate of drug-likeness (QED) is 0.311. The van der Waals surface area contributed by atoms with Crippen LogP contribution in [0.3, 0.4) is 0 Å². The molecule has 0 spiro atoms. The van der Waals surface area contributed by atoms with Crippen molar-refractivity contribution in [1.29, 1.82) is 0 Å². The highest BCUT2D eigenvalue weighted by Crippen LogP contribution is 2.43. The number of rotatable bonds is 7. The van der Waals surface area contributed by atoms with Gasteiger partial charge in [-0.25, -0.2) is 9.37 Å². The number of fused-ring (bicyclic) bond motifs is 3. The van der Waals surface area contributed by atoms with Gasteiger partial charge in [0.25, 0.3) is 0 Å². The van der Waals surface area contributed by atoms with Gasteiger partial charge in [0.2, 0.25) is 0 Å². The van der Waals surface area contributed by atoms with Gasteiger partial charge in [-0.2, -0.15) is 0 Å². The normalized spacial score (nSPS) is 14.7. The van der Waals surface area contributed by atoms with Crippen LogP contribution in [-0.2, 0) is 24.2 Å². The lowest BCUT2D eigenvalue weighted by molar-refractivity contribution is -0.136. The zero-order valence-corrected chi connectivity index (χ0v) is 20.3. The van der Waals surface area contributed by atoms with Crippen molar-refractivity contribution in [3.63, 3.8) is 0 Å². The second-order valence-corrected chi connectivity index (χ2v) is 10.0. The molecule has 0 saturated heterocycles. The standard InChI is InChI=1S/C27H22ClFN2O3S/c28-18-4-6-22-24(29)12-19(31-25(22)11-18)15-34-20-5-3-16-1-2-17-14-30-9-7-21(17)27(23(16)13-20)35-10-8-26(32)33/h3-7,9,11-14,27H,1-2,8,10,15H2,(H,32,33). The lowest BCUT2D eigenvalue weighted by atomic mass is 10.0. The van der Waals surface area contributed by atoms with E-state index in [0.29, 0.717) is 33.1 Å². The van der Waals surface area contributed by atoms with E-state index in [1.54, 1.807) is 36.2 Å². The molecule has 2 aromatic carbocycles. The summed E-state index contributed by atoms with van der Waals surface area (Å²) in [6.07, 6.45) is 5.50. The molecule has 2 aromatic heterocycles. The van der Waals surface area contributed by atoms with Gasteiger partial charge < -0.3 is 9.84 Å². The Kier molecular flexibility index (Phi) is 6.88. The Morgan fingerprint density at radius 2 is 1.97 bits per heavy atom. The van der Waals surface area contributed by atoms with Crippen LogP contribution in [0.4, 0.5) is 4.39 Å². The molecule has 1 N–H and O–H groups in total. The van der Waals surface area contributed by atoms with E-state index in [-0.39, 0.29) is 24.1 Å².